The molecule has 0 spiro atoms. The molecule has 1 fully saturated rings. The largest absolute Gasteiger partial charge is 0.493 e. The molecule has 9 nitrogen and oxygen atoms in total. The molecule has 3 aromatic carbocycles. The number of hydrogen-bond acceptors (Lipinski definition) is 6. The third kappa shape index (κ3) is 5.44. The van der Waals surface area contributed by atoms with Crippen LogP contribution in [0.2, 0.25) is 5.02 Å². The Morgan fingerprint density at radius 1 is 1.08 bits per heavy atom. The van der Waals surface area contributed by atoms with Crippen molar-refractivity contribution in [3.8, 4) is 11.5 Å². The number of imide groups is 2. The van der Waals surface area contributed by atoms with E-state index in [-0.39, 0.29) is 45.8 Å². The fourth-order valence-electron chi connectivity index (χ4n) is 3.51. The van der Waals surface area contributed by atoms with Crippen LogP contribution in [0.1, 0.15) is 21.5 Å². The highest BCUT2D eigenvalue weighted by molar-refractivity contribution is 6.39. The molecule has 2 N–H and O–H groups in total. The molecule has 1 saturated heterocycles. The number of benzene rings is 3. The summed E-state index contributed by atoms with van der Waals surface area (Å²) < 4.78 is 24.2. The second kappa shape index (κ2) is 10.5. The molecule has 0 aromatic heterocycles. The summed E-state index contributed by atoms with van der Waals surface area (Å²) >= 11 is 6.39. The number of methoxy groups -OCH3 is 1. The molecule has 0 atom stereocenters. The minimum Gasteiger partial charge on any atom is -0.493 e. The fourth-order valence-corrected chi connectivity index (χ4v) is 3.78. The highest BCUT2D eigenvalue weighted by Gasteiger charge is 2.37. The van der Waals surface area contributed by atoms with E-state index >= 15 is 0 Å². The molecule has 0 aliphatic carbocycles. The van der Waals surface area contributed by atoms with Gasteiger partial charge in [-0.25, -0.2) is 18.9 Å². The number of amides is 4. The van der Waals surface area contributed by atoms with Crippen LogP contribution in [-0.4, -0.2) is 36.0 Å². The average Bonchev–Trinajstić information content (AvgIpc) is 2.86. The summed E-state index contributed by atoms with van der Waals surface area (Å²) in [6.07, 6.45) is 1.24. The molecular formula is C26H18ClFN2O7. The minimum absolute atomic E-state index is 0.0380. The first-order chi connectivity index (χ1) is 17.7. The summed E-state index contributed by atoms with van der Waals surface area (Å²) in [5, 5.41) is 11.3. The number of urea groups is 1. The number of barbiturate groups is 1. The predicted molar refractivity (Wildman–Crippen MR) is 131 cm³/mol. The zero-order valence-electron chi connectivity index (χ0n) is 19.2. The van der Waals surface area contributed by atoms with E-state index in [1.807, 2.05) is 0 Å². The van der Waals surface area contributed by atoms with Crippen molar-refractivity contribution in [1.82, 2.24) is 5.32 Å². The molecule has 0 saturated carbocycles. The Bertz CT molecular complexity index is 1440. The molecule has 4 amide bonds. The van der Waals surface area contributed by atoms with E-state index in [9.17, 15) is 23.6 Å². The lowest BCUT2D eigenvalue weighted by atomic mass is 10.1. The van der Waals surface area contributed by atoms with Crippen LogP contribution in [0, 0.1) is 5.82 Å². The summed E-state index contributed by atoms with van der Waals surface area (Å²) in [7, 11) is 1.38. The van der Waals surface area contributed by atoms with Crippen LogP contribution in [0.5, 0.6) is 11.5 Å². The second-order valence-corrected chi connectivity index (χ2v) is 8.17. The number of carbonyl (C=O) groups excluding carboxylic acids is 3. The van der Waals surface area contributed by atoms with E-state index in [2.05, 4.69) is 5.32 Å². The SMILES string of the molecule is COc1cc(/C=C2\C(=O)NC(=O)N(c3ccc(C(=O)O)cc3)C2=O)cc(Cl)c1OCc1ccc(F)cc1. The van der Waals surface area contributed by atoms with Crippen LogP contribution in [-0.2, 0) is 16.2 Å². The maximum atomic E-state index is 13.1. The van der Waals surface area contributed by atoms with Gasteiger partial charge in [0.15, 0.2) is 11.5 Å². The number of rotatable bonds is 7. The number of carbonyl (C=O) groups is 4. The summed E-state index contributed by atoms with van der Waals surface area (Å²) in [6.45, 7) is 0.0788. The van der Waals surface area contributed by atoms with Crippen molar-refractivity contribution in [2.45, 2.75) is 6.61 Å². The molecule has 4 rings (SSSR count). The quantitative estimate of drug-likeness (QED) is 0.346. The van der Waals surface area contributed by atoms with Crippen molar-refractivity contribution in [2.24, 2.45) is 0 Å². The number of ether oxygens (including phenoxy) is 2. The predicted octanol–water partition coefficient (Wildman–Crippen LogP) is 4.43. The van der Waals surface area contributed by atoms with Crippen molar-refractivity contribution in [3.05, 3.63) is 93.8 Å². The minimum atomic E-state index is -1.17. The Morgan fingerprint density at radius 3 is 2.38 bits per heavy atom. The number of nitrogens with zero attached hydrogens (tertiary/aromatic N) is 1. The van der Waals surface area contributed by atoms with Gasteiger partial charge in [-0.15, -0.1) is 0 Å². The summed E-state index contributed by atoms with van der Waals surface area (Å²) in [4.78, 5) is 49.8. The van der Waals surface area contributed by atoms with Gasteiger partial charge in [-0.3, -0.25) is 14.9 Å². The maximum Gasteiger partial charge on any atom is 0.335 e. The van der Waals surface area contributed by atoms with Gasteiger partial charge in [0.05, 0.1) is 23.4 Å². The highest BCUT2D eigenvalue weighted by atomic mass is 35.5. The number of nitrogens with one attached hydrogen (secondary N) is 1. The molecule has 1 aliphatic rings. The Morgan fingerprint density at radius 2 is 1.76 bits per heavy atom. The fraction of sp³-hybridized carbons (Fsp3) is 0.0769. The highest BCUT2D eigenvalue weighted by Crippen LogP contribution is 2.38. The Balaban J connectivity index is 1.62. The van der Waals surface area contributed by atoms with E-state index in [0.29, 0.717) is 11.1 Å². The maximum absolute atomic E-state index is 13.1. The number of carboxylic acid groups (broad SMARTS) is 1. The van der Waals surface area contributed by atoms with Crippen LogP contribution in [0.15, 0.2) is 66.2 Å². The molecule has 0 bridgehead atoms. The molecule has 0 unspecified atom stereocenters. The smallest absolute Gasteiger partial charge is 0.335 e. The number of aromatic carboxylic acids is 1. The summed E-state index contributed by atoms with van der Waals surface area (Å²) in [5.41, 5.74) is 0.677. The van der Waals surface area contributed by atoms with Gasteiger partial charge in [0.25, 0.3) is 11.8 Å². The van der Waals surface area contributed by atoms with Gasteiger partial charge in [0, 0.05) is 0 Å². The molecule has 37 heavy (non-hydrogen) atoms. The number of hydrogen-bond donors (Lipinski definition) is 2. The third-order valence-electron chi connectivity index (χ3n) is 5.33. The number of anilines is 1. The molecule has 3 aromatic rings. The number of halogens is 2. The lowest BCUT2D eigenvalue weighted by molar-refractivity contribution is -0.122. The second-order valence-electron chi connectivity index (χ2n) is 7.76. The normalized spacial score (nSPS) is 14.5. The lowest BCUT2D eigenvalue weighted by Crippen LogP contribution is -2.54. The van der Waals surface area contributed by atoms with Crippen LogP contribution in [0.25, 0.3) is 6.08 Å². The zero-order valence-corrected chi connectivity index (χ0v) is 19.9. The van der Waals surface area contributed by atoms with Gasteiger partial charge in [-0.2, -0.15) is 0 Å². The van der Waals surface area contributed by atoms with Crippen LogP contribution >= 0.6 is 11.6 Å². The van der Waals surface area contributed by atoms with Gasteiger partial charge < -0.3 is 14.6 Å². The van der Waals surface area contributed by atoms with Crippen molar-refractivity contribution >= 4 is 47.2 Å². The molecule has 1 heterocycles. The summed E-state index contributed by atoms with van der Waals surface area (Å²) in [5.74, 6) is -2.97. The van der Waals surface area contributed by atoms with Crippen LogP contribution < -0.4 is 19.7 Å². The van der Waals surface area contributed by atoms with Crippen molar-refractivity contribution in [3.63, 3.8) is 0 Å². The number of carboxylic acids is 1. The Kier molecular flexibility index (Phi) is 7.21. The van der Waals surface area contributed by atoms with E-state index < -0.39 is 23.8 Å². The summed E-state index contributed by atoms with van der Waals surface area (Å²) in [6, 6.07) is 12.7. The average molecular weight is 525 g/mol. The zero-order chi connectivity index (χ0) is 26.7. The topological polar surface area (TPSA) is 122 Å². The van der Waals surface area contributed by atoms with Crippen LogP contribution in [0.4, 0.5) is 14.9 Å². The van der Waals surface area contributed by atoms with Crippen molar-refractivity contribution in [2.75, 3.05) is 12.0 Å². The van der Waals surface area contributed by atoms with Gasteiger partial charge in [-0.05, 0) is 65.7 Å². The Labute approximate surface area is 214 Å². The van der Waals surface area contributed by atoms with E-state index in [1.165, 1.54) is 61.7 Å². The first kappa shape index (κ1) is 25.4. The van der Waals surface area contributed by atoms with Crippen molar-refractivity contribution in [1.29, 1.82) is 0 Å². The van der Waals surface area contributed by atoms with Gasteiger partial charge in [0.1, 0.15) is 18.0 Å². The first-order valence-electron chi connectivity index (χ1n) is 10.7. The van der Waals surface area contributed by atoms with Gasteiger partial charge >= 0.3 is 12.0 Å². The monoisotopic (exact) mass is 524 g/mol. The van der Waals surface area contributed by atoms with E-state index in [4.69, 9.17) is 26.2 Å². The molecule has 11 heteroatoms. The van der Waals surface area contributed by atoms with E-state index in [0.717, 1.165) is 4.90 Å². The molecule has 1 aliphatic heterocycles. The van der Waals surface area contributed by atoms with Crippen molar-refractivity contribution < 1.29 is 38.1 Å². The van der Waals surface area contributed by atoms with Gasteiger partial charge in [0.2, 0.25) is 0 Å². The lowest BCUT2D eigenvalue weighted by Gasteiger charge is -2.26. The Hall–Kier alpha value is -4.70. The van der Waals surface area contributed by atoms with Crippen LogP contribution in [0.3, 0.4) is 0 Å². The van der Waals surface area contributed by atoms with Gasteiger partial charge in [-0.1, -0.05) is 23.7 Å². The first-order valence-corrected chi connectivity index (χ1v) is 11.1. The molecule has 0 radical (unpaired) electrons. The van der Waals surface area contributed by atoms with E-state index in [1.54, 1.807) is 12.1 Å². The standard InChI is InChI=1S/C26H18ClFN2O7/c1-36-21-12-15(11-20(27)22(21)37-13-14-2-6-17(28)7-3-14)10-19-23(31)29-26(35)30(24(19)32)18-8-4-16(5-9-18)25(33)34/h2-12H,13H2,1H3,(H,33,34)(H,29,31,35)/b19-10+. The molecular weight excluding hydrogens is 507 g/mol. The third-order valence-corrected chi connectivity index (χ3v) is 5.61. The molecule has 188 valence electrons.